The normalized spacial score (nSPS) is 11.7. The largest absolute Gasteiger partial charge is 0.309 e. The van der Waals surface area contributed by atoms with E-state index in [1.165, 1.54) is 76.7 Å². The topological polar surface area (TPSA) is 35.6 Å². The van der Waals surface area contributed by atoms with Crippen LogP contribution in [0.2, 0.25) is 0 Å². The standard InChI is InChI=1S/C66H42N4/c1-3-15-46(16-4-1)65-66(68-60-24-11-10-23-59(60)67-65)47-30-35-52(36-31-47)70-61-25-12-9-21-55(61)56-41-49(33-38-62(56)70)50-34-39-64-58(42-50)57-40-48(32-37-63(57)69(64)51-18-5-2-6-19-51)43-26-28-45(29-27-43)54-22-13-17-44-14-7-8-20-53(44)54/h1-42H. The van der Waals surface area contributed by atoms with E-state index >= 15 is 0 Å². The molecule has 0 bridgehead atoms. The molecule has 3 aromatic heterocycles. The Labute approximate surface area is 404 Å². The van der Waals surface area contributed by atoms with Gasteiger partial charge >= 0.3 is 0 Å². The zero-order valence-electron chi connectivity index (χ0n) is 38.0. The lowest BCUT2D eigenvalue weighted by molar-refractivity contribution is 1.18. The van der Waals surface area contributed by atoms with Gasteiger partial charge in [0, 0.05) is 44.0 Å². The predicted octanol–water partition coefficient (Wildman–Crippen LogP) is 17.3. The maximum Gasteiger partial charge on any atom is 0.0973 e. The molecule has 70 heavy (non-hydrogen) atoms. The van der Waals surface area contributed by atoms with Crippen molar-refractivity contribution in [1.82, 2.24) is 19.1 Å². The molecule has 0 aliphatic rings. The third-order valence-electron chi connectivity index (χ3n) is 14.1. The van der Waals surface area contributed by atoms with E-state index in [2.05, 4.69) is 234 Å². The molecule has 0 aliphatic heterocycles. The van der Waals surface area contributed by atoms with Gasteiger partial charge in [0.2, 0.25) is 0 Å². The molecule has 4 heteroatoms. The fraction of sp³-hybridized carbons (Fsp3) is 0. The zero-order chi connectivity index (χ0) is 46.1. The minimum absolute atomic E-state index is 0.870. The third kappa shape index (κ3) is 6.53. The first-order chi connectivity index (χ1) is 34.7. The molecule has 11 aromatic carbocycles. The Bertz CT molecular complexity index is 4310. The number of hydrogen-bond acceptors (Lipinski definition) is 2. The average Bonchev–Trinajstić information content (AvgIpc) is 3.95. The van der Waals surface area contributed by atoms with Gasteiger partial charge in [-0.05, 0) is 123 Å². The van der Waals surface area contributed by atoms with E-state index in [-0.39, 0.29) is 0 Å². The van der Waals surface area contributed by atoms with E-state index in [0.717, 1.165) is 56.0 Å². The molecule has 0 amide bonds. The van der Waals surface area contributed by atoms with E-state index in [0.29, 0.717) is 0 Å². The Morgan fingerprint density at radius 3 is 1.29 bits per heavy atom. The van der Waals surface area contributed by atoms with E-state index in [9.17, 15) is 0 Å². The van der Waals surface area contributed by atoms with Gasteiger partial charge in [0.25, 0.3) is 0 Å². The molecule has 0 saturated carbocycles. The Hall–Kier alpha value is -9.38. The predicted molar refractivity (Wildman–Crippen MR) is 293 cm³/mol. The fourth-order valence-corrected chi connectivity index (χ4v) is 10.8. The van der Waals surface area contributed by atoms with Crippen LogP contribution in [0.4, 0.5) is 0 Å². The van der Waals surface area contributed by atoms with E-state index in [1.54, 1.807) is 0 Å². The van der Waals surface area contributed by atoms with Crippen molar-refractivity contribution in [1.29, 1.82) is 0 Å². The monoisotopic (exact) mass is 890 g/mol. The fourth-order valence-electron chi connectivity index (χ4n) is 10.8. The van der Waals surface area contributed by atoms with E-state index in [4.69, 9.17) is 9.97 Å². The molecule has 0 fully saturated rings. The molecule has 4 nitrogen and oxygen atoms in total. The molecule has 0 N–H and O–H groups in total. The maximum atomic E-state index is 5.17. The molecule has 0 saturated heterocycles. The highest BCUT2D eigenvalue weighted by Gasteiger charge is 2.19. The van der Waals surface area contributed by atoms with Crippen LogP contribution in [0, 0.1) is 0 Å². The molecule has 0 atom stereocenters. The van der Waals surface area contributed by atoms with Crippen LogP contribution in [0.25, 0.3) is 133 Å². The third-order valence-corrected chi connectivity index (χ3v) is 14.1. The molecule has 14 aromatic rings. The maximum absolute atomic E-state index is 5.17. The number of nitrogens with zero attached hydrogens (tertiary/aromatic N) is 4. The highest BCUT2D eigenvalue weighted by Crippen LogP contribution is 2.41. The van der Waals surface area contributed by atoms with Gasteiger partial charge < -0.3 is 9.13 Å². The van der Waals surface area contributed by atoms with Crippen molar-refractivity contribution in [2.45, 2.75) is 0 Å². The quantitative estimate of drug-likeness (QED) is 0.160. The highest BCUT2D eigenvalue weighted by atomic mass is 15.0. The van der Waals surface area contributed by atoms with Crippen LogP contribution >= 0.6 is 0 Å². The average molecular weight is 891 g/mol. The summed E-state index contributed by atoms with van der Waals surface area (Å²) < 4.78 is 4.79. The van der Waals surface area contributed by atoms with Crippen molar-refractivity contribution >= 4 is 65.4 Å². The van der Waals surface area contributed by atoms with Crippen molar-refractivity contribution in [2.75, 3.05) is 0 Å². The van der Waals surface area contributed by atoms with Crippen molar-refractivity contribution in [3.63, 3.8) is 0 Å². The van der Waals surface area contributed by atoms with Gasteiger partial charge in [-0.25, -0.2) is 9.97 Å². The summed E-state index contributed by atoms with van der Waals surface area (Å²) in [7, 11) is 0. The molecule has 14 rings (SSSR count). The van der Waals surface area contributed by atoms with Gasteiger partial charge in [0.05, 0.1) is 44.5 Å². The summed E-state index contributed by atoms with van der Waals surface area (Å²) in [6, 6.07) is 91.8. The van der Waals surface area contributed by atoms with Gasteiger partial charge in [0.1, 0.15) is 0 Å². The second kappa shape index (κ2) is 16.2. The summed E-state index contributed by atoms with van der Waals surface area (Å²) >= 11 is 0. The molecule has 0 radical (unpaired) electrons. The summed E-state index contributed by atoms with van der Waals surface area (Å²) in [5.41, 5.74) is 19.7. The lowest BCUT2D eigenvalue weighted by atomic mass is 9.95. The molecule has 0 spiro atoms. The smallest absolute Gasteiger partial charge is 0.0973 e. The Balaban J connectivity index is 0.865. The van der Waals surface area contributed by atoms with Crippen LogP contribution in [0.15, 0.2) is 255 Å². The first kappa shape index (κ1) is 39.8. The summed E-state index contributed by atoms with van der Waals surface area (Å²) in [5, 5.41) is 7.40. The Morgan fingerprint density at radius 1 is 0.243 bits per heavy atom. The van der Waals surface area contributed by atoms with Crippen LogP contribution in [0.3, 0.4) is 0 Å². The van der Waals surface area contributed by atoms with Crippen molar-refractivity contribution < 1.29 is 0 Å². The van der Waals surface area contributed by atoms with Crippen molar-refractivity contribution in [3.8, 4) is 67.3 Å². The van der Waals surface area contributed by atoms with Crippen molar-refractivity contribution in [3.05, 3.63) is 255 Å². The van der Waals surface area contributed by atoms with Crippen LogP contribution < -0.4 is 0 Å². The second-order valence-corrected chi connectivity index (χ2v) is 18.1. The van der Waals surface area contributed by atoms with Crippen LogP contribution in [0.1, 0.15) is 0 Å². The SMILES string of the molecule is c1ccc(-c2nc3ccccc3nc2-c2ccc(-n3c4ccccc4c4cc(-c5ccc6c(c5)c5cc(-c7ccc(-c8cccc9ccccc89)cc7)ccc5n6-c5ccccc5)ccc43)cc2)cc1. The molecule has 3 heterocycles. The van der Waals surface area contributed by atoms with Crippen molar-refractivity contribution in [2.24, 2.45) is 0 Å². The number of para-hydroxylation sites is 4. The van der Waals surface area contributed by atoms with Crippen LogP contribution in [-0.2, 0) is 0 Å². The lowest BCUT2D eigenvalue weighted by Crippen LogP contribution is -1.97. The summed E-state index contributed by atoms with van der Waals surface area (Å²) in [4.78, 5) is 10.3. The van der Waals surface area contributed by atoms with Gasteiger partial charge in [0.15, 0.2) is 0 Å². The van der Waals surface area contributed by atoms with E-state index in [1.807, 2.05) is 30.3 Å². The molecule has 326 valence electrons. The van der Waals surface area contributed by atoms with Gasteiger partial charge in [-0.2, -0.15) is 0 Å². The number of benzene rings is 11. The second-order valence-electron chi connectivity index (χ2n) is 18.1. The molecule has 0 unspecified atom stereocenters. The first-order valence-corrected chi connectivity index (χ1v) is 23.9. The number of rotatable bonds is 7. The lowest BCUT2D eigenvalue weighted by Gasteiger charge is -2.12. The van der Waals surface area contributed by atoms with Crippen LogP contribution in [0.5, 0.6) is 0 Å². The Kier molecular flexibility index (Phi) is 9.17. The van der Waals surface area contributed by atoms with E-state index < -0.39 is 0 Å². The minimum Gasteiger partial charge on any atom is -0.309 e. The minimum atomic E-state index is 0.870. The number of hydrogen-bond donors (Lipinski definition) is 0. The molecular formula is C66H42N4. The highest BCUT2D eigenvalue weighted by molar-refractivity contribution is 6.13. The van der Waals surface area contributed by atoms with Gasteiger partial charge in [-0.1, -0.05) is 176 Å². The van der Waals surface area contributed by atoms with Gasteiger partial charge in [-0.3, -0.25) is 0 Å². The van der Waals surface area contributed by atoms with Gasteiger partial charge in [-0.15, -0.1) is 0 Å². The summed E-state index contributed by atoms with van der Waals surface area (Å²) in [5.74, 6) is 0. The molecule has 0 aliphatic carbocycles. The summed E-state index contributed by atoms with van der Waals surface area (Å²) in [6.45, 7) is 0. The first-order valence-electron chi connectivity index (χ1n) is 23.9. The number of fused-ring (bicyclic) bond motifs is 8. The summed E-state index contributed by atoms with van der Waals surface area (Å²) in [6.07, 6.45) is 0. The van der Waals surface area contributed by atoms with Crippen LogP contribution in [-0.4, -0.2) is 19.1 Å². The molecular weight excluding hydrogens is 849 g/mol. The zero-order valence-corrected chi connectivity index (χ0v) is 38.0. The Morgan fingerprint density at radius 2 is 0.657 bits per heavy atom. The number of aromatic nitrogens is 4.